The fourth-order valence-electron chi connectivity index (χ4n) is 0.695. The third-order valence-electron chi connectivity index (χ3n) is 1.22. The van der Waals surface area contributed by atoms with Gasteiger partial charge in [-0.3, -0.25) is 0 Å². The van der Waals surface area contributed by atoms with Gasteiger partial charge in [-0.15, -0.1) is 0 Å². The molecule has 0 unspecified atom stereocenters. The molecule has 0 heterocycles. The summed E-state index contributed by atoms with van der Waals surface area (Å²) in [7, 11) is 0. The van der Waals surface area contributed by atoms with Crippen molar-refractivity contribution in [3.63, 3.8) is 0 Å². The average Bonchev–Trinajstić information content (AvgIpc) is 2.06. The number of benzene rings is 1. The maximum atomic E-state index is 5.61. The minimum absolute atomic E-state index is 0.650. The first-order valence-electron chi connectivity index (χ1n) is 3.10. The summed E-state index contributed by atoms with van der Waals surface area (Å²) in [6.45, 7) is -2.08. The van der Waals surface area contributed by atoms with Crippen LogP contribution in [-0.4, -0.2) is 0 Å². The van der Waals surface area contributed by atoms with Gasteiger partial charge in [0, 0.05) is 0 Å². The van der Waals surface area contributed by atoms with Gasteiger partial charge in [-0.25, -0.2) is 0 Å². The van der Waals surface area contributed by atoms with Crippen LogP contribution in [0, 0.1) is 0 Å². The molecular weight excluding hydrogens is 430 g/mol. The monoisotopic (exact) mass is 430 g/mol. The predicted molar refractivity (Wildman–Crippen MR) is 71.6 cm³/mol. The number of hydrogen-bond acceptors (Lipinski definition) is 1. The zero-order valence-electron chi connectivity index (χ0n) is 6.03. The molecule has 0 aromatic heterocycles. The maximum absolute atomic E-state index is 5.61. The van der Waals surface area contributed by atoms with E-state index in [2.05, 4.69) is 47.8 Å². The summed E-state index contributed by atoms with van der Waals surface area (Å²) in [4.78, 5) is 0. The third kappa shape index (κ3) is 3.51. The first kappa shape index (κ1) is 12.5. The van der Waals surface area contributed by atoms with Gasteiger partial charge in [-0.2, -0.15) is 0 Å². The van der Waals surface area contributed by atoms with E-state index in [-0.39, 0.29) is 0 Å². The molecule has 0 saturated carbocycles. The molecule has 0 saturated heterocycles. The van der Waals surface area contributed by atoms with Crippen molar-refractivity contribution in [1.82, 2.24) is 0 Å². The Morgan fingerprint density at radius 2 is 1.69 bits per heavy atom. The summed E-state index contributed by atoms with van der Waals surface area (Å²) in [6, 6.07) is 3.65. The topological polar surface area (TPSA) is 9.23 Å². The van der Waals surface area contributed by atoms with Gasteiger partial charge in [0.15, 0.2) is 0 Å². The Morgan fingerprint density at radius 3 is 2.23 bits per heavy atom. The van der Waals surface area contributed by atoms with Crippen molar-refractivity contribution in [2.75, 3.05) is 0 Å². The van der Waals surface area contributed by atoms with E-state index >= 15 is 0 Å². The second-order valence-corrected chi connectivity index (χ2v) is 8.30. The molecule has 7 heteroatoms. The van der Waals surface area contributed by atoms with Gasteiger partial charge in [0.05, 0.1) is 0 Å². The van der Waals surface area contributed by atoms with Crippen LogP contribution in [0.3, 0.4) is 0 Å². The molecule has 0 amide bonds. The van der Waals surface area contributed by atoms with Crippen LogP contribution < -0.4 is 4.52 Å². The molecule has 0 aliphatic rings. The Morgan fingerprint density at radius 1 is 1.08 bits per heavy atom. The van der Waals surface area contributed by atoms with Crippen LogP contribution >= 0.6 is 77.1 Å². The van der Waals surface area contributed by atoms with Gasteiger partial charge < -0.3 is 0 Å². The van der Waals surface area contributed by atoms with Crippen LogP contribution in [-0.2, 0) is 0 Å². The van der Waals surface area contributed by atoms with Gasteiger partial charge in [-0.05, 0) is 0 Å². The Balaban J connectivity index is 3.04. The van der Waals surface area contributed by atoms with E-state index < -0.39 is 6.85 Å². The summed E-state index contributed by atoms with van der Waals surface area (Å²) in [5.41, 5.74) is 0. The summed E-state index contributed by atoms with van der Waals surface area (Å²) in [6.07, 6.45) is 0. The van der Waals surface area contributed by atoms with E-state index in [0.29, 0.717) is 5.75 Å². The number of hydrogen-bond donors (Lipinski definition) is 0. The first-order valence-corrected chi connectivity index (χ1v) is 9.45. The van der Waals surface area contributed by atoms with Crippen molar-refractivity contribution in [1.29, 1.82) is 0 Å². The van der Waals surface area contributed by atoms with E-state index in [1.54, 1.807) is 6.07 Å². The van der Waals surface area contributed by atoms with E-state index in [4.69, 9.17) is 27.0 Å². The van der Waals surface area contributed by atoms with E-state index in [0.717, 1.165) is 13.4 Å². The Hall–Kier alpha value is 1.47. The molecule has 0 radical (unpaired) electrons. The van der Waals surface area contributed by atoms with E-state index in [9.17, 15) is 0 Å². The summed E-state index contributed by atoms with van der Waals surface area (Å²) >= 11 is 21.3. The molecule has 0 bridgehead atoms. The van der Waals surface area contributed by atoms with Crippen molar-refractivity contribution in [3.8, 4) is 5.75 Å². The molecule has 74 valence electrons. The molecule has 0 atom stereocenters. The van der Waals surface area contributed by atoms with Gasteiger partial charge in [0.2, 0.25) is 0 Å². The summed E-state index contributed by atoms with van der Waals surface area (Å²) in [5, 5.41) is 0. The quantitative estimate of drug-likeness (QED) is 0.441. The normalized spacial score (nSPS) is 11.3. The molecule has 1 rings (SSSR count). The molecule has 0 fully saturated rings. The third-order valence-corrected chi connectivity index (χ3v) is 5.52. The van der Waals surface area contributed by atoms with Crippen LogP contribution in [0.15, 0.2) is 25.6 Å². The minimum atomic E-state index is -2.08. The average molecular weight is 434 g/mol. The predicted octanol–water partition coefficient (Wildman–Crippen LogP) is 5.52. The van der Waals surface area contributed by atoms with Crippen molar-refractivity contribution < 1.29 is 4.52 Å². The summed E-state index contributed by atoms with van der Waals surface area (Å²) in [5.74, 6) is 0.650. The van der Waals surface area contributed by atoms with Crippen molar-refractivity contribution in [2.45, 2.75) is 0 Å². The van der Waals surface area contributed by atoms with Crippen molar-refractivity contribution in [2.24, 2.45) is 0 Å². The van der Waals surface area contributed by atoms with Crippen LogP contribution in [0.2, 0.25) is 0 Å². The molecule has 1 nitrogen and oxygen atoms in total. The summed E-state index contributed by atoms with van der Waals surface area (Å²) < 4.78 is 7.88. The number of rotatable bonds is 2. The molecule has 1 aromatic carbocycles. The molecule has 13 heavy (non-hydrogen) atoms. The molecule has 0 aliphatic carbocycles. The van der Waals surface area contributed by atoms with Gasteiger partial charge in [0.25, 0.3) is 0 Å². The standard InChI is InChI=1S/C6H4Br3Cl2OP/c7-3-1-2-4(12-13(10)11)6(9)5(3)8/h1-2H,13H2. The van der Waals surface area contributed by atoms with Crippen LogP contribution in [0.25, 0.3) is 0 Å². The van der Waals surface area contributed by atoms with Gasteiger partial charge >= 0.3 is 113 Å². The first-order chi connectivity index (χ1) is 6.02. The Labute approximate surface area is 112 Å². The Bertz CT molecular complexity index is 321. The van der Waals surface area contributed by atoms with Crippen LogP contribution in [0.5, 0.6) is 5.75 Å². The van der Waals surface area contributed by atoms with E-state index in [1.807, 2.05) is 6.07 Å². The zero-order chi connectivity index (χ0) is 10.0. The molecule has 1 aromatic rings. The second-order valence-electron chi connectivity index (χ2n) is 2.05. The zero-order valence-corrected chi connectivity index (χ0v) is 13.5. The Kier molecular flexibility index (Phi) is 5.33. The van der Waals surface area contributed by atoms with Gasteiger partial charge in [0.1, 0.15) is 0 Å². The van der Waals surface area contributed by atoms with Crippen molar-refractivity contribution >= 4 is 77.1 Å². The fourth-order valence-corrected chi connectivity index (χ4v) is 3.20. The fraction of sp³-hybridized carbons (Fsp3) is 0. The van der Waals surface area contributed by atoms with Crippen molar-refractivity contribution in [3.05, 3.63) is 25.6 Å². The number of halogens is 5. The molecule has 0 N–H and O–H groups in total. The van der Waals surface area contributed by atoms with E-state index in [1.165, 1.54) is 0 Å². The van der Waals surface area contributed by atoms with Crippen LogP contribution in [0.1, 0.15) is 0 Å². The second kappa shape index (κ2) is 5.53. The van der Waals surface area contributed by atoms with Crippen LogP contribution in [0.4, 0.5) is 0 Å². The SMILES string of the molecule is Cl[PH2](Cl)Oc1ccc(Br)c(Br)c1Br. The molecule has 0 spiro atoms. The van der Waals surface area contributed by atoms with Gasteiger partial charge in [-0.1, -0.05) is 0 Å². The molecular formula is C6H4Br3Cl2OP. The molecule has 0 aliphatic heterocycles.